The number of carboxylic acid groups (broad SMARTS) is 1. The molecule has 0 heterocycles. The summed E-state index contributed by atoms with van der Waals surface area (Å²) in [6.45, 7) is 0. The second-order valence-corrected chi connectivity index (χ2v) is 7.34. The Morgan fingerprint density at radius 3 is 2.25 bits per heavy atom. The molecule has 0 spiro atoms. The standard InChI is InChI=1S/C17H15NO5S/c19-16(11-4-5-11)12-6-8-14(9-7-12)18-24(22,23)15-3-1-2-13(10-15)17(20)21/h1-3,6-11,18H,4-5H2,(H,20,21). The van der Waals surface area contributed by atoms with Crippen LogP contribution in [0.25, 0.3) is 0 Å². The Kier molecular flexibility index (Phi) is 4.11. The molecule has 0 unspecified atom stereocenters. The third-order valence-corrected chi connectivity index (χ3v) is 5.14. The van der Waals surface area contributed by atoms with Crippen LogP contribution in [0.2, 0.25) is 0 Å². The van der Waals surface area contributed by atoms with Crippen molar-refractivity contribution < 1.29 is 23.1 Å². The van der Waals surface area contributed by atoms with Crippen LogP contribution in [0.15, 0.2) is 53.4 Å². The number of sulfonamides is 1. The number of carbonyl (C=O) groups excluding carboxylic acids is 1. The number of hydrogen-bond acceptors (Lipinski definition) is 4. The maximum atomic E-state index is 12.3. The first-order valence-corrected chi connectivity index (χ1v) is 8.85. The van der Waals surface area contributed by atoms with E-state index >= 15 is 0 Å². The molecule has 2 aromatic carbocycles. The smallest absolute Gasteiger partial charge is 0.335 e. The van der Waals surface area contributed by atoms with Gasteiger partial charge >= 0.3 is 5.97 Å². The number of aromatic carboxylic acids is 1. The second-order valence-electron chi connectivity index (χ2n) is 5.65. The number of Topliss-reactive ketones (excluding diaryl/α,β-unsaturated/α-hetero) is 1. The number of ketones is 1. The molecule has 2 aromatic rings. The van der Waals surface area contributed by atoms with Gasteiger partial charge in [0.2, 0.25) is 0 Å². The Balaban J connectivity index is 1.80. The van der Waals surface area contributed by atoms with Gasteiger partial charge in [0.05, 0.1) is 10.5 Å². The first kappa shape index (κ1) is 16.2. The molecule has 0 amide bonds. The largest absolute Gasteiger partial charge is 0.478 e. The summed E-state index contributed by atoms with van der Waals surface area (Å²) in [6, 6.07) is 11.3. The lowest BCUT2D eigenvalue weighted by Crippen LogP contribution is -2.14. The highest BCUT2D eigenvalue weighted by Gasteiger charge is 2.30. The van der Waals surface area contributed by atoms with Gasteiger partial charge in [0, 0.05) is 17.2 Å². The molecule has 0 saturated heterocycles. The minimum atomic E-state index is -3.90. The van der Waals surface area contributed by atoms with Crippen LogP contribution in [0.5, 0.6) is 0 Å². The van der Waals surface area contributed by atoms with Gasteiger partial charge in [0.1, 0.15) is 0 Å². The average Bonchev–Trinajstić information content (AvgIpc) is 3.39. The zero-order chi connectivity index (χ0) is 17.3. The molecule has 2 N–H and O–H groups in total. The fourth-order valence-corrected chi connectivity index (χ4v) is 3.40. The van der Waals surface area contributed by atoms with Gasteiger partial charge in [-0.25, -0.2) is 13.2 Å². The molecule has 1 aliphatic carbocycles. The highest BCUT2D eigenvalue weighted by atomic mass is 32.2. The lowest BCUT2D eigenvalue weighted by atomic mass is 10.1. The quantitative estimate of drug-likeness (QED) is 0.784. The summed E-state index contributed by atoms with van der Waals surface area (Å²) in [6.07, 6.45) is 1.82. The number of anilines is 1. The fourth-order valence-electron chi connectivity index (χ4n) is 2.29. The summed E-state index contributed by atoms with van der Waals surface area (Å²) < 4.78 is 27.1. The Bertz CT molecular complexity index is 899. The van der Waals surface area contributed by atoms with Crippen LogP contribution in [0.1, 0.15) is 33.6 Å². The van der Waals surface area contributed by atoms with E-state index in [9.17, 15) is 18.0 Å². The van der Waals surface area contributed by atoms with E-state index in [1.165, 1.54) is 30.3 Å². The topological polar surface area (TPSA) is 101 Å². The van der Waals surface area contributed by atoms with Crippen molar-refractivity contribution in [2.45, 2.75) is 17.7 Å². The molecule has 6 nitrogen and oxygen atoms in total. The molecule has 7 heteroatoms. The van der Waals surface area contributed by atoms with Crippen LogP contribution in [-0.2, 0) is 10.0 Å². The van der Waals surface area contributed by atoms with Gasteiger partial charge in [-0.05, 0) is 55.3 Å². The Labute approximate surface area is 139 Å². The number of carbonyl (C=O) groups is 2. The summed E-state index contributed by atoms with van der Waals surface area (Å²) in [5.74, 6) is -1.01. The van der Waals surface area contributed by atoms with Crippen molar-refractivity contribution in [1.29, 1.82) is 0 Å². The molecule has 3 rings (SSSR count). The normalized spacial score (nSPS) is 14.2. The van der Waals surface area contributed by atoms with Crippen molar-refractivity contribution in [1.82, 2.24) is 0 Å². The average molecular weight is 345 g/mol. The summed E-state index contributed by atoms with van der Waals surface area (Å²) >= 11 is 0. The Hall–Kier alpha value is -2.67. The molecule has 0 bridgehead atoms. The van der Waals surface area contributed by atoms with Gasteiger partial charge in [-0.3, -0.25) is 9.52 Å². The van der Waals surface area contributed by atoms with E-state index in [-0.39, 0.29) is 22.2 Å². The number of benzene rings is 2. The SMILES string of the molecule is O=C(O)c1cccc(S(=O)(=O)Nc2ccc(C(=O)C3CC3)cc2)c1. The zero-order valence-corrected chi connectivity index (χ0v) is 13.4. The first-order chi connectivity index (χ1) is 11.4. The van der Waals surface area contributed by atoms with Gasteiger partial charge in [-0.1, -0.05) is 6.07 Å². The first-order valence-electron chi connectivity index (χ1n) is 7.37. The Morgan fingerprint density at radius 1 is 1.00 bits per heavy atom. The predicted molar refractivity (Wildman–Crippen MR) is 87.7 cm³/mol. The molecule has 0 atom stereocenters. The minimum Gasteiger partial charge on any atom is -0.478 e. The van der Waals surface area contributed by atoms with Crippen molar-refractivity contribution in [3.63, 3.8) is 0 Å². The van der Waals surface area contributed by atoms with Crippen LogP contribution in [0.4, 0.5) is 5.69 Å². The van der Waals surface area contributed by atoms with Crippen LogP contribution < -0.4 is 4.72 Å². The molecular weight excluding hydrogens is 330 g/mol. The minimum absolute atomic E-state index is 0.0820. The number of hydrogen-bond donors (Lipinski definition) is 2. The molecule has 1 aliphatic rings. The van der Waals surface area contributed by atoms with Crippen molar-refractivity contribution in [3.8, 4) is 0 Å². The van der Waals surface area contributed by atoms with Gasteiger partial charge < -0.3 is 5.11 Å². The van der Waals surface area contributed by atoms with E-state index in [4.69, 9.17) is 5.11 Å². The van der Waals surface area contributed by atoms with Gasteiger partial charge in [-0.15, -0.1) is 0 Å². The number of nitrogens with one attached hydrogen (secondary N) is 1. The van der Waals surface area contributed by atoms with Crippen molar-refractivity contribution >= 4 is 27.5 Å². The van der Waals surface area contributed by atoms with Crippen LogP contribution in [0, 0.1) is 5.92 Å². The van der Waals surface area contributed by atoms with Crippen molar-refractivity contribution in [2.75, 3.05) is 4.72 Å². The van der Waals surface area contributed by atoms with Crippen LogP contribution in [0.3, 0.4) is 0 Å². The van der Waals surface area contributed by atoms with Crippen LogP contribution >= 0.6 is 0 Å². The highest BCUT2D eigenvalue weighted by molar-refractivity contribution is 7.92. The molecule has 0 aliphatic heterocycles. The van der Waals surface area contributed by atoms with E-state index in [1.54, 1.807) is 12.1 Å². The van der Waals surface area contributed by atoms with E-state index in [0.717, 1.165) is 18.9 Å². The highest BCUT2D eigenvalue weighted by Crippen LogP contribution is 2.32. The summed E-state index contributed by atoms with van der Waals surface area (Å²) in [4.78, 5) is 22.7. The predicted octanol–water partition coefficient (Wildman–Crippen LogP) is 2.78. The van der Waals surface area contributed by atoms with Gasteiger partial charge in [0.15, 0.2) is 5.78 Å². The van der Waals surface area contributed by atoms with Gasteiger partial charge in [0.25, 0.3) is 10.0 Å². The monoisotopic (exact) mass is 345 g/mol. The third-order valence-electron chi connectivity index (χ3n) is 3.76. The van der Waals surface area contributed by atoms with E-state index in [2.05, 4.69) is 4.72 Å². The fraction of sp³-hybridized carbons (Fsp3) is 0.176. The number of rotatable bonds is 6. The molecule has 1 fully saturated rings. The van der Waals surface area contributed by atoms with Crippen molar-refractivity contribution in [2.24, 2.45) is 5.92 Å². The maximum absolute atomic E-state index is 12.3. The maximum Gasteiger partial charge on any atom is 0.335 e. The number of carboxylic acids is 1. The lowest BCUT2D eigenvalue weighted by Gasteiger charge is -2.09. The van der Waals surface area contributed by atoms with E-state index < -0.39 is 16.0 Å². The summed E-state index contributed by atoms with van der Waals surface area (Å²) in [5.41, 5.74) is 0.764. The lowest BCUT2D eigenvalue weighted by molar-refractivity contribution is 0.0696. The molecule has 0 aromatic heterocycles. The second kappa shape index (κ2) is 6.09. The molecule has 1 saturated carbocycles. The Morgan fingerprint density at radius 2 is 1.67 bits per heavy atom. The van der Waals surface area contributed by atoms with E-state index in [1.807, 2.05) is 0 Å². The molecular formula is C17H15NO5S. The van der Waals surface area contributed by atoms with Crippen LogP contribution in [-0.4, -0.2) is 25.3 Å². The summed E-state index contributed by atoms with van der Waals surface area (Å²) in [5, 5.41) is 8.95. The molecule has 24 heavy (non-hydrogen) atoms. The van der Waals surface area contributed by atoms with Crippen molar-refractivity contribution in [3.05, 3.63) is 59.7 Å². The molecule has 124 valence electrons. The van der Waals surface area contributed by atoms with E-state index in [0.29, 0.717) is 11.3 Å². The zero-order valence-electron chi connectivity index (χ0n) is 12.6. The third kappa shape index (κ3) is 3.46. The summed E-state index contributed by atoms with van der Waals surface area (Å²) in [7, 11) is -3.90. The molecule has 0 radical (unpaired) electrons. The van der Waals surface area contributed by atoms with Gasteiger partial charge in [-0.2, -0.15) is 0 Å².